The van der Waals surface area contributed by atoms with Crippen LogP contribution in [0.1, 0.15) is 12.8 Å². The molecule has 9 nitrogen and oxygen atoms in total. The Bertz CT molecular complexity index is 1460. The van der Waals surface area contributed by atoms with Gasteiger partial charge in [-0.25, -0.2) is 16.8 Å². The number of nitrogens with zero attached hydrogens (tertiary/aromatic N) is 1. The summed E-state index contributed by atoms with van der Waals surface area (Å²) in [4.78, 5) is 13.1. The van der Waals surface area contributed by atoms with Gasteiger partial charge in [-0.2, -0.15) is 4.31 Å². The maximum absolute atomic E-state index is 13.1. The van der Waals surface area contributed by atoms with E-state index in [1.54, 1.807) is 36.4 Å². The average Bonchev–Trinajstić information content (AvgIpc) is 2.90. The molecule has 0 saturated carbocycles. The van der Waals surface area contributed by atoms with E-state index in [0.29, 0.717) is 36.5 Å². The number of benzene rings is 3. The number of carbonyl (C=O) groups is 1. The largest absolute Gasteiger partial charge is 0.497 e. The molecule has 2 N–H and O–H groups in total. The highest BCUT2D eigenvalue weighted by Gasteiger charge is 2.33. The van der Waals surface area contributed by atoms with Crippen molar-refractivity contribution in [2.75, 3.05) is 30.2 Å². The number of anilines is 2. The summed E-state index contributed by atoms with van der Waals surface area (Å²) in [6.07, 6.45) is 1.09. The highest BCUT2D eigenvalue weighted by atomic mass is 79.9. The van der Waals surface area contributed by atoms with Crippen LogP contribution in [0.3, 0.4) is 0 Å². The van der Waals surface area contributed by atoms with Gasteiger partial charge in [0.05, 0.1) is 22.8 Å². The number of hydrogen-bond donors (Lipinski definition) is 2. The van der Waals surface area contributed by atoms with Gasteiger partial charge in [0.15, 0.2) is 0 Å². The van der Waals surface area contributed by atoms with Crippen LogP contribution in [0.4, 0.5) is 11.4 Å². The Balaban J connectivity index is 1.40. The fourth-order valence-electron chi connectivity index (χ4n) is 3.97. The fraction of sp³-hybridized carbons (Fsp3) is 0.240. The lowest BCUT2D eigenvalue weighted by Gasteiger charge is -2.31. The number of ether oxygens (including phenoxy) is 1. The minimum absolute atomic E-state index is 0.0443. The van der Waals surface area contributed by atoms with Crippen LogP contribution in [0.2, 0.25) is 0 Å². The number of rotatable bonds is 8. The molecule has 37 heavy (non-hydrogen) atoms. The van der Waals surface area contributed by atoms with Crippen molar-refractivity contribution in [1.29, 1.82) is 0 Å². The Morgan fingerprint density at radius 3 is 2.11 bits per heavy atom. The fourth-order valence-corrected chi connectivity index (χ4v) is 6.81. The van der Waals surface area contributed by atoms with Gasteiger partial charge in [0.1, 0.15) is 5.75 Å². The maximum Gasteiger partial charge on any atom is 0.261 e. The van der Waals surface area contributed by atoms with Crippen LogP contribution >= 0.6 is 15.9 Å². The second-order valence-corrected chi connectivity index (χ2v) is 13.0. The van der Waals surface area contributed by atoms with Crippen LogP contribution in [0.25, 0.3) is 0 Å². The van der Waals surface area contributed by atoms with Gasteiger partial charge in [-0.3, -0.25) is 9.52 Å². The Morgan fingerprint density at radius 1 is 0.892 bits per heavy atom. The van der Waals surface area contributed by atoms with Crippen molar-refractivity contribution in [3.05, 3.63) is 77.3 Å². The zero-order valence-electron chi connectivity index (χ0n) is 19.9. The molecular weight excluding hydrogens is 582 g/mol. The van der Waals surface area contributed by atoms with E-state index >= 15 is 0 Å². The summed E-state index contributed by atoms with van der Waals surface area (Å²) < 4.78 is 61.3. The minimum atomic E-state index is -3.81. The normalized spacial score (nSPS) is 16.6. The summed E-state index contributed by atoms with van der Waals surface area (Å²) in [6, 6.07) is 18.7. The molecule has 0 bridgehead atoms. The SMILES string of the molecule is COc1ccc(S(=O)(=O)N2CCCC(C(=O)Nc3ccc(S(=O)(=O)Nc4ccc(Br)cc4)cc3)C2)cc1. The third-order valence-corrected chi connectivity index (χ3v) is 9.79. The number of methoxy groups -OCH3 is 1. The third-order valence-electron chi connectivity index (χ3n) is 5.98. The van der Waals surface area contributed by atoms with Crippen molar-refractivity contribution >= 4 is 53.3 Å². The molecule has 0 radical (unpaired) electrons. The molecular formula is C25H26BrN3O6S2. The summed E-state index contributed by atoms with van der Waals surface area (Å²) in [5, 5.41) is 2.78. The summed E-state index contributed by atoms with van der Waals surface area (Å²) in [6.45, 7) is 0.389. The summed E-state index contributed by atoms with van der Waals surface area (Å²) in [5.74, 6) is -0.305. The van der Waals surface area contributed by atoms with Crippen molar-refractivity contribution < 1.29 is 26.4 Å². The van der Waals surface area contributed by atoms with E-state index in [9.17, 15) is 21.6 Å². The first-order valence-electron chi connectivity index (χ1n) is 11.4. The molecule has 4 rings (SSSR count). The molecule has 196 valence electrons. The highest BCUT2D eigenvalue weighted by molar-refractivity contribution is 9.10. The standard InChI is InChI=1S/C25H26BrN3O6S2/c1-35-22-10-14-24(15-11-22)37(33,34)29-16-2-3-18(17-29)25(30)27-20-8-12-23(13-9-20)36(31,32)28-21-6-4-19(26)5-7-21/h4-15,18,28H,2-3,16-17H2,1H3,(H,27,30). The molecule has 1 unspecified atom stereocenters. The van der Waals surface area contributed by atoms with Gasteiger partial charge in [-0.1, -0.05) is 15.9 Å². The number of carbonyl (C=O) groups excluding carboxylic acids is 1. The summed E-state index contributed by atoms with van der Waals surface area (Å²) >= 11 is 3.31. The summed E-state index contributed by atoms with van der Waals surface area (Å²) in [5.41, 5.74) is 0.842. The quantitative estimate of drug-likeness (QED) is 0.394. The van der Waals surface area contributed by atoms with E-state index in [4.69, 9.17) is 4.74 Å². The Kier molecular flexibility index (Phi) is 8.22. The predicted molar refractivity (Wildman–Crippen MR) is 144 cm³/mol. The first-order valence-corrected chi connectivity index (χ1v) is 15.1. The molecule has 1 amide bonds. The van der Waals surface area contributed by atoms with E-state index < -0.39 is 26.0 Å². The van der Waals surface area contributed by atoms with Gasteiger partial charge in [-0.15, -0.1) is 0 Å². The topological polar surface area (TPSA) is 122 Å². The van der Waals surface area contributed by atoms with Crippen LogP contribution in [-0.4, -0.2) is 47.2 Å². The molecule has 1 atom stereocenters. The molecule has 0 aliphatic carbocycles. The minimum Gasteiger partial charge on any atom is -0.497 e. The zero-order chi connectivity index (χ0) is 26.6. The molecule has 1 aliphatic rings. The maximum atomic E-state index is 13.1. The molecule has 12 heteroatoms. The number of amides is 1. The van der Waals surface area contributed by atoms with Gasteiger partial charge in [0.2, 0.25) is 15.9 Å². The molecule has 1 aliphatic heterocycles. The van der Waals surface area contributed by atoms with E-state index in [-0.39, 0.29) is 22.2 Å². The summed E-state index contributed by atoms with van der Waals surface area (Å²) in [7, 11) is -6.06. The van der Waals surface area contributed by atoms with Gasteiger partial charge >= 0.3 is 0 Å². The van der Waals surface area contributed by atoms with Crippen LogP contribution < -0.4 is 14.8 Å². The smallest absolute Gasteiger partial charge is 0.261 e. The number of sulfonamides is 2. The van der Waals surface area contributed by atoms with E-state index in [0.717, 1.165) is 4.47 Å². The molecule has 1 heterocycles. The van der Waals surface area contributed by atoms with E-state index in [2.05, 4.69) is 26.0 Å². The number of piperidine rings is 1. The third kappa shape index (κ3) is 6.50. The van der Waals surface area contributed by atoms with Crippen LogP contribution in [0.5, 0.6) is 5.75 Å². The van der Waals surface area contributed by atoms with Gasteiger partial charge in [0.25, 0.3) is 10.0 Å². The van der Waals surface area contributed by atoms with Gasteiger partial charge in [0, 0.05) is 28.9 Å². The second-order valence-electron chi connectivity index (χ2n) is 8.50. The molecule has 3 aromatic carbocycles. The zero-order valence-corrected chi connectivity index (χ0v) is 23.1. The van der Waals surface area contributed by atoms with E-state index in [1.165, 1.54) is 47.8 Å². The van der Waals surface area contributed by atoms with Crippen LogP contribution in [-0.2, 0) is 24.8 Å². The van der Waals surface area contributed by atoms with Crippen molar-refractivity contribution in [1.82, 2.24) is 4.31 Å². The average molecular weight is 609 g/mol. The second kappa shape index (κ2) is 11.2. The molecule has 0 aromatic heterocycles. The van der Waals surface area contributed by atoms with Gasteiger partial charge < -0.3 is 10.1 Å². The predicted octanol–water partition coefficient (Wildman–Crippen LogP) is 4.30. The lowest BCUT2D eigenvalue weighted by Crippen LogP contribution is -2.43. The van der Waals surface area contributed by atoms with Crippen molar-refractivity contribution in [3.63, 3.8) is 0 Å². The van der Waals surface area contributed by atoms with Crippen LogP contribution in [0.15, 0.2) is 87.1 Å². The Labute approximate surface area is 225 Å². The van der Waals surface area contributed by atoms with Crippen molar-refractivity contribution in [2.45, 2.75) is 22.6 Å². The number of nitrogens with one attached hydrogen (secondary N) is 2. The Hall–Kier alpha value is -2.93. The van der Waals surface area contributed by atoms with E-state index in [1.807, 2.05) is 0 Å². The lowest BCUT2D eigenvalue weighted by atomic mass is 9.99. The molecule has 3 aromatic rings. The number of hydrogen-bond acceptors (Lipinski definition) is 6. The van der Waals surface area contributed by atoms with Crippen molar-refractivity contribution in [2.24, 2.45) is 5.92 Å². The lowest BCUT2D eigenvalue weighted by molar-refractivity contribution is -0.120. The highest BCUT2D eigenvalue weighted by Crippen LogP contribution is 2.26. The molecule has 1 saturated heterocycles. The first kappa shape index (κ1) is 27.1. The van der Waals surface area contributed by atoms with Crippen LogP contribution in [0, 0.1) is 5.92 Å². The first-order chi connectivity index (χ1) is 17.6. The van der Waals surface area contributed by atoms with Crippen molar-refractivity contribution in [3.8, 4) is 5.75 Å². The monoisotopic (exact) mass is 607 g/mol. The van der Waals surface area contributed by atoms with Gasteiger partial charge in [-0.05, 0) is 85.6 Å². The number of halogens is 1. The Morgan fingerprint density at radius 2 is 1.49 bits per heavy atom. The molecule has 0 spiro atoms. The molecule has 1 fully saturated rings.